The maximum atomic E-state index is 13.8. The molecule has 3 rings (SSSR count). The van der Waals surface area contributed by atoms with Crippen LogP contribution in [0.25, 0.3) is 0 Å². The van der Waals surface area contributed by atoms with Gasteiger partial charge in [0.05, 0.1) is 13.2 Å². The Morgan fingerprint density at radius 2 is 1.71 bits per heavy atom. The Hall–Kier alpha value is -3.07. The lowest BCUT2D eigenvalue weighted by Gasteiger charge is -2.45. The van der Waals surface area contributed by atoms with Gasteiger partial charge in [0.15, 0.2) is 5.78 Å². The molecule has 0 aliphatic carbocycles. The number of rotatable bonds is 4. The molecule has 0 spiro atoms. The van der Waals surface area contributed by atoms with Gasteiger partial charge in [0.25, 0.3) is 0 Å². The number of hydrogen-bond donors (Lipinski definition) is 3. The number of para-hydroxylation sites is 1. The standard InChI is InChI=1S/C19H17F3N2O4/c1-28-13-10-6-5-9-12(13)15-14(16(25)11-7-3-2-4-8-11)18(27,19(20,21)22)24-17(26)23-15/h2-10,14-15,27H,1H3,(H2,23,24,26)/t14-,15+,18+/m1/s1. The van der Waals surface area contributed by atoms with E-state index in [9.17, 15) is 27.9 Å². The lowest BCUT2D eigenvalue weighted by atomic mass is 9.77. The molecule has 1 aliphatic rings. The molecule has 3 N–H and O–H groups in total. The Morgan fingerprint density at radius 1 is 1.11 bits per heavy atom. The highest BCUT2D eigenvalue weighted by Crippen LogP contribution is 2.45. The van der Waals surface area contributed by atoms with Crippen molar-refractivity contribution in [3.8, 4) is 5.75 Å². The predicted molar refractivity (Wildman–Crippen MR) is 92.7 cm³/mol. The van der Waals surface area contributed by atoms with Gasteiger partial charge in [0.1, 0.15) is 11.7 Å². The SMILES string of the molecule is COc1ccccc1[C@@H]1NC(=O)N[C@@](O)(C(F)(F)F)[C@H]1C(=O)c1ccccc1. The normalized spacial score (nSPS) is 24.8. The number of aliphatic hydroxyl groups is 1. The maximum Gasteiger partial charge on any atom is 0.437 e. The average Bonchev–Trinajstić information content (AvgIpc) is 2.66. The molecule has 2 amide bonds. The molecule has 1 aliphatic heterocycles. The molecule has 0 bridgehead atoms. The molecular formula is C19H17F3N2O4. The molecule has 1 fully saturated rings. The summed E-state index contributed by atoms with van der Waals surface area (Å²) in [5.74, 6) is -2.90. The molecule has 1 saturated heterocycles. The second-order valence-corrected chi connectivity index (χ2v) is 6.29. The van der Waals surface area contributed by atoms with Crippen molar-refractivity contribution < 1.29 is 32.6 Å². The van der Waals surface area contributed by atoms with E-state index < -0.39 is 35.7 Å². The van der Waals surface area contributed by atoms with Crippen LogP contribution in [-0.4, -0.2) is 35.9 Å². The van der Waals surface area contributed by atoms with E-state index >= 15 is 0 Å². The van der Waals surface area contributed by atoms with Crippen LogP contribution in [-0.2, 0) is 0 Å². The van der Waals surface area contributed by atoms with Crippen LogP contribution in [0.15, 0.2) is 54.6 Å². The Morgan fingerprint density at radius 3 is 2.32 bits per heavy atom. The van der Waals surface area contributed by atoms with E-state index in [0.717, 1.165) is 0 Å². The number of amides is 2. The molecule has 148 valence electrons. The van der Waals surface area contributed by atoms with Gasteiger partial charge in [-0.2, -0.15) is 13.2 Å². The molecule has 0 aromatic heterocycles. The fourth-order valence-corrected chi connectivity index (χ4v) is 3.30. The molecule has 0 unspecified atom stereocenters. The van der Waals surface area contributed by atoms with E-state index in [-0.39, 0.29) is 16.9 Å². The van der Waals surface area contributed by atoms with Crippen LogP contribution in [0.3, 0.4) is 0 Å². The first kappa shape index (κ1) is 19.7. The lowest BCUT2D eigenvalue weighted by Crippen LogP contribution is -2.72. The summed E-state index contributed by atoms with van der Waals surface area (Å²) in [6.45, 7) is 0. The number of hydrogen-bond acceptors (Lipinski definition) is 4. The minimum Gasteiger partial charge on any atom is -0.496 e. The third kappa shape index (κ3) is 3.29. The van der Waals surface area contributed by atoms with Gasteiger partial charge in [-0.1, -0.05) is 48.5 Å². The Kier molecular flexibility index (Phi) is 5.03. The Labute approximate surface area is 158 Å². The van der Waals surface area contributed by atoms with E-state index in [2.05, 4.69) is 5.32 Å². The van der Waals surface area contributed by atoms with Gasteiger partial charge in [-0.3, -0.25) is 4.79 Å². The molecule has 0 radical (unpaired) electrons. The average molecular weight is 394 g/mol. The summed E-state index contributed by atoms with van der Waals surface area (Å²) in [5.41, 5.74) is -3.67. The number of ketones is 1. The van der Waals surface area contributed by atoms with Gasteiger partial charge in [-0.15, -0.1) is 0 Å². The van der Waals surface area contributed by atoms with Crippen molar-refractivity contribution in [2.75, 3.05) is 7.11 Å². The smallest absolute Gasteiger partial charge is 0.437 e. The van der Waals surface area contributed by atoms with Crippen molar-refractivity contribution >= 4 is 11.8 Å². The van der Waals surface area contributed by atoms with E-state index in [1.165, 1.54) is 54.9 Å². The van der Waals surface area contributed by atoms with Crippen molar-refractivity contribution in [3.05, 3.63) is 65.7 Å². The first-order valence-corrected chi connectivity index (χ1v) is 8.29. The van der Waals surface area contributed by atoms with Crippen LogP contribution in [0.2, 0.25) is 0 Å². The monoisotopic (exact) mass is 394 g/mol. The van der Waals surface area contributed by atoms with E-state index in [4.69, 9.17) is 4.74 Å². The van der Waals surface area contributed by atoms with E-state index in [1.54, 1.807) is 12.1 Å². The minimum atomic E-state index is -5.31. The molecule has 3 atom stereocenters. The number of carbonyl (C=O) groups excluding carboxylic acids is 2. The van der Waals surface area contributed by atoms with Gasteiger partial charge in [-0.25, -0.2) is 4.79 Å². The zero-order valence-corrected chi connectivity index (χ0v) is 14.7. The molecule has 1 heterocycles. The Balaban J connectivity index is 2.20. The highest BCUT2D eigenvalue weighted by Gasteiger charge is 2.66. The fraction of sp³-hybridized carbons (Fsp3) is 0.263. The third-order valence-corrected chi connectivity index (χ3v) is 4.62. The number of ether oxygens (including phenoxy) is 1. The molecule has 0 saturated carbocycles. The number of nitrogens with one attached hydrogen (secondary N) is 2. The molecular weight excluding hydrogens is 377 g/mol. The number of methoxy groups -OCH3 is 1. The van der Waals surface area contributed by atoms with Gasteiger partial charge in [-0.05, 0) is 6.07 Å². The summed E-state index contributed by atoms with van der Waals surface area (Å²) >= 11 is 0. The quantitative estimate of drug-likeness (QED) is 0.696. The van der Waals surface area contributed by atoms with Crippen molar-refractivity contribution in [1.82, 2.24) is 10.6 Å². The molecule has 28 heavy (non-hydrogen) atoms. The zero-order chi connectivity index (χ0) is 20.5. The summed E-state index contributed by atoms with van der Waals surface area (Å²) in [5, 5.41) is 14.3. The molecule has 2 aromatic carbocycles. The predicted octanol–water partition coefficient (Wildman–Crippen LogP) is 2.80. The van der Waals surface area contributed by atoms with E-state index in [1.807, 2.05) is 0 Å². The summed E-state index contributed by atoms with van der Waals surface area (Å²) in [7, 11) is 1.31. The summed E-state index contributed by atoms with van der Waals surface area (Å²) < 4.78 is 46.6. The first-order valence-electron chi connectivity index (χ1n) is 8.29. The highest BCUT2D eigenvalue weighted by molar-refractivity contribution is 6.00. The van der Waals surface area contributed by atoms with Crippen molar-refractivity contribution in [2.24, 2.45) is 5.92 Å². The largest absolute Gasteiger partial charge is 0.496 e. The van der Waals surface area contributed by atoms with Crippen molar-refractivity contribution in [3.63, 3.8) is 0 Å². The summed E-state index contributed by atoms with van der Waals surface area (Å²) in [4.78, 5) is 25.0. The second-order valence-electron chi connectivity index (χ2n) is 6.29. The summed E-state index contributed by atoms with van der Waals surface area (Å²) in [6.07, 6.45) is -5.31. The van der Waals surface area contributed by atoms with Crippen LogP contribution in [0, 0.1) is 5.92 Å². The van der Waals surface area contributed by atoms with Gasteiger partial charge in [0, 0.05) is 11.1 Å². The minimum absolute atomic E-state index is 0.0342. The first-order chi connectivity index (χ1) is 13.2. The fourth-order valence-electron chi connectivity index (χ4n) is 3.30. The van der Waals surface area contributed by atoms with E-state index in [0.29, 0.717) is 0 Å². The number of halogens is 3. The van der Waals surface area contributed by atoms with Crippen LogP contribution in [0.5, 0.6) is 5.75 Å². The van der Waals surface area contributed by atoms with Crippen LogP contribution >= 0.6 is 0 Å². The van der Waals surface area contributed by atoms with Crippen molar-refractivity contribution in [2.45, 2.75) is 17.9 Å². The zero-order valence-electron chi connectivity index (χ0n) is 14.7. The van der Waals surface area contributed by atoms with Gasteiger partial charge in [0.2, 0.25) is 5.72 Å². The number of Topliss-reactive ketones (excluding diaryl/α,β-unsaturated/α-hetero) is 1. The second kappa shape index (κ2) is 7.16. The number of carbonyl (C=O) groups is 2. The van der Waals surface area contributed by atoms with Crippen molar-refractivity contribution in [1.29, 1.82) is 0 Å². The number of urea groups is 1. The van der Waals surface area contributed by atoms with Gasteiger partial charge < -0.3 is 20.5 Å². The lowest BCUT2D eigenvalue weighted by molar-refractivity contribution is -0.287. The molecule has 2 aromatic rings. The maximum absolute atomic E-state index is 13.8. The highest BCUT2D eigenvalue weighted by atomic mass is 19.4. The van der Waals surface area contributed by atoms with Gasteiger partial charge >= 0.3 is 12.2 Å². The number of benzene rings is 2. The third-order valence-electron chi connectivity index (χ3n) is 4.62. The summed E-state index contributed by atoms with van der Waals surface area (Å²) in [6, 6.07) is 10.6. The Bertz CT molecular complexity index is 888. The molecule has 6 nitrogen and oxygen atoms in total. The van der Waals surface area contributed by atoms with Crippen LogP contribution in [0.4, 0.5) is 18.0 Å². The van der Waals surface area contributed by atoms with Crippen LogP contribution in [0.1, 0.15) is 22.0 Å². The number of alkyl halides is 3. The topological polar surface area (TPSA) is 87.7 Å². The van der Waals surface area contributed by atoms with Crippen LogP contribution < -0.4 is 15.4 Å². The molecule has 9 heteroatoms.